The van der Waals surface area contributed by atoms with Crippen LogP contribution < -0.4 is 4.74 Å². The SMILES string of the molecule is COC(=O)c1cc2c([nH]c3ccc(OC)cc32)c(C(Cl)Cl)n1. The average Bonchev–Trinajstić information content (AvgIpc) is 2.90. The van der Waals surface area contributed by atoms with Crippen LogP contribution in [0.2, 0.25) is 0 Å². The lowest BCUT2D eigenvalue weighted by molar-refractivity contribution is 0.0594. The maximum atomic E-state index is 11.8. The quantitative estimate of drug-likeness (QED) is 0.579. The molecule has 22 heavy (non-hydrogen) atoms. The van der Waals surface area contributed by atoms with Crippen molar-refractivity contribution in [3.63, 3.8) is 0 Å². The Morgan fingerprint density at radius 2 is 2.00 bits per heavy atom. The predicted molar refractivity (Wildman–Crippen MR) is 85.9 cm³/mol. The molecule has 114 valence electrons. The zero-order chi connectivity index (χ0) is 15.9. The van der Waals surface area contributed by atoms with Gasteiger partial charge in [0.1, 0.15) is 11.4 Å². The number of alkyl halides is 2. The lowest BCUT2D eigenvalue weighted by Crippen LogP contribution is -2.06. The van der Waals surface area contributed by atoms with Crippen LogP contribution in [0.5, 0.6) is 5.75 Å². The first-order valence-electron chi connectivity index (χ1n) is 6.42. The Hall–Kier alpha value is -1.98. The summed E-state index contributed by atoms with van der Waals surface area (Å²) in [5.41, 5.74) is 2.09. The van der Waals surface area contributed by atoms with E-state index in [0.29, 0.717) is 17.0 Å². The van der Waals surface area contributed by atoms with E-state index in [4.69, 9.17) is 32.7 Å². The van der Waals surface area contributed by atoms with Crippen LogP contribution in [-0.2, 0) is 4.74 Å². The van der Waals surface area contributed by atoms with Gasteiger partial charge in [0, 0.05) is 16.3 Å². The fourth-order valence-corrected chi connectivity index (χ4v) is 2.71. The molecule has 0 aliphatic heterocycles. The van der Waals surface area contributed by atoms with E-state index in [1.807, 2.05) is 18.2 Å². The van der Waals surface area contributed by atoms with Crippen molar-refractivity contribution in [3.8, 4) is 5.75 Å². The van der Waals surface area contributed by atoms with Crippen LogP contribution in [0.4, 0.5) is 0 Å². The molecule has 0 amide bonds. The van der Waals surface area contributed by atoms with Crippen molar-refractivity contribution in [2.75, 3.05) is 14.2 Å². The Morgan fingerprint density at radius 3 is 2.64 bits per heavy atom. The molecule has 0 fully saturated rings. The summed E-state index contributed by atoms with van der Waals surface area (Å²) in [7, 11) is 2.89. The third kappa shape index (κ3) is 2.36. The number of nitrogens with zero attached hydrogens (tertiary/aromatic N) is 1. The number of halogens is 2. The number of carbonyl (C=O) groups is 1. The van der Waals surface area contributed by atoms with Gasteiger partial charge in [-0.3, -0.25) is 0 Å². The zero-order valence-electron chi connectivity index (χ0n) is 11.8. The number of pyridine rings is 1. The maximum Gasteiger partial charge on any atom is 0.356 e. The minimum Gasteiger partial charge on any atom is -0.497 e. The Morgan fingerprint density at radius 1 is 1.23 bits per heavy atom. The van der Waals surface area contributed by atoms with Gasteiger partial charge >= 0.3 is 5.97 Å². The lowest BCUT2D eigenvalue weighted by atomic mass is 10.1. The lowest BCUT2D eigenvalue weighted by Gasteiger charge is -2.06. The van der Waals surface area contributed by atoms with Crippen LogP contribution in [0.3, 0.4) is 0 Å². The van der Waals surface area contributed by atoms with E-state index in [1.54, 1.807) is 13.2 Å². The Bertz CT molecular complexity index is 874. The molecule has 7 heteroatoms. The molecule has 1 N–H and O–H groups in total. The molecule has 2 aromatic heterocycles. The number of carbonyl (C=O) groups excluding carboxylic acids is 1. The molecule has 1 aromatic carbocycles. The van der Waals surface area contributed by atoms with E-state index in [2.05, 4.69) is 9.97 Å². The molecule has 0 aliphatic rings. The normalized spacial score (nSPS) is 11.3. The van der Waals surface area contributed by atoms with Crippen molar-refractivity contribution in [2.45, 2.75) is 4.84 Å². The van der Waals surface area contributed by atoms with Gasteiger partial charge in [0.25, 0.3) is 0 Å². The number of ether oxygens (including phenoxy) is 2. The summed E-state index contributed by atoms with van der Waals surface area (Å²) in [6.45, 7) is 0. The van der Waals surface area contributed by atoms with E-state index in [-0.39, 0.29) is 5.69 Å². The molecule has 0 bridgehead atoms. The molecule has 2 heterocycles. The molecule has 0 spiro atoms. The molecule has 3 rings (SSSR count). The molecular weight excluding hydrogens is 327 g/mol. The van der Waals surface area contributed by atoms with Gasteiger partial charge in [-0.15, -0.1) is 0 Å². The second kappa shape index (κ2) is 5.66. The topological polar surface area (TPSA) is 64.2 Å². The van der Waals surface area contributed by atoms with Gasteiger partial charge < -0.3 is 14.5 Å². The van der Waals surface area contributed by atoms with Crippen molar-refractivity contribution in [1.82, 2.24) is 9.97 Å². The van der Waals surface area contributed by atoms with E-state index in [9.17, 15) is 4.79 Å². The molecular formula is C15H12Cl2N2O3. The summed E-state index contributed by atoms with van der Waals surface area (Å²) in [5, 5.41) is 1.67. The standard InChI is InChI=1S/C15H12Cl2N2O3/c1-21-7-3-4-10-8(5-7)9-6-11(15(20)22-2)19-13(14(16)17)12(9)18-10/h3-6,14,18H,1-2H3. The first-order valence-corrected chi connectivity index (χ1v) is 7.29. The third-order valence-electron chi connectivity index (χ3n) is 3.43. The number of aromatic nitrogens is 2. The molecule has 5 nitrogen and oxygen atoms in total. The highest BCUT2D eigenvalue weighted by Crippen LogP contribution is 2.35. The highest BCUT2D eigenvalue weighted by atomic mass is 35.5. The number of nitrogens with one attached hydrogen (secondary N) is 1. The summed E-state index contributed by atoms with van der Waals surface area (Å²) in [5.74, 6) is 0.161. The number of hydrogen-bond donors (Lipinski definition) is 1. The van der Waals surface area contributed by atoms with Gasteiger partial charge in [0.05, 0.1) is 25.4 Å². The van der Waals surface area contributed by atoms with Crippen LogP contribution in [0.25, 0.3) is 21.8 Å². The first kappa shape index (κ1) is 14.9. The number of benzene rings is 1. The van der Waals surface area contributed by atoms with Gasteiger partial charge in [0.2, 0.25) is 0 Å². The van der Waals surface area contributed by atoms with Gasteiger partial charge in [-0.05, 0) is 24.3 Å². The van der Waals surface area contributed by atoms with Crippen LogP contribution in [0.15, 0.2) is 24.3 Å². The minimum absolute atomic E-state index is 0.153. The maximum absolute atomic E-state index is 11.8. The summed E-state index contributed by atoms with van der Waals surface area (Å²) >= 11 is 12.0. The molecule has 0 unspecified atom stereocenters. The van der Waals surface area contributed by atoms with E-state index >= 15 is 0 Å². The third-order valence-corrected chi connectivity index (χ3v) is 3.84. The van der Waals surface area contributed by atoms with E-state index in [1.165, 1.54) is 7.11 Å². The fourth-order valence-electron chi connectivity index (χ4n) is 2.39. The van der Waals surface area contributed by atoms with Gasteiger partial charge in [-0.1, -0.05) is 23.2 Å². The number of aromatic amines is 1. The Kier molecular flexibility index (Phi) is 3.85. The molecule has 0 radical (unpaired) electrons. The number of rotatable bonds is 3. The van der Waals surface area contributed by atoms with Crippen molar-refractivity contribution in [2.24, 2.45) is 0 Å². The minimum atomic E-state index is -0.873. The summed E-state index contributed by atoms with van der Waals surface area (Å²) in [6.07, 6.45) is 0. The van der Waals surface area contributed by atoms with Crippen molar-refractivity contribution < 1.29 is 14.3 Å². The van der Waals surface area contributed by atoms with E-state index in [0.717, 1.165) is 16.3 Å². The van der Waals surface area contributed by atoms with Crippen molar-refractivity contribution >= 4 is 51.0 Å². The Labute approximate surface area is 136 Å². The first-order chi connectivity index (χ1) is 10.5. The van der Waals surface area contributed by atoms with Crippen LogP contribution in [0.1, 0.15) is 21.0 Å². The van der Waals surface area contributed by atoms with E-state index < -0.39 is 10.8 Å². The second-order valence-corrected chi connectivity index (χ2v) is 5.74. The number of H-pyrrole nitrogens is 1. The van der Waals surface area contributed by atoms with Gasteiger partial charge in [-0.2, -0.15) is 0 Å². The second-order valence-electron chi connectivity index (χ2n) is 4.64. The summed E-state index contributed by atoms with van der Waals surface area (Å²) in [6, 6.07) is 7.24. The smallest absolute Gasteiger partial charge is 0.356 e. The van der Waals surface area contributed by atoms with Crippen molar-refractivity contribution in [3.05, 3.63) is 35.7 Å². The number of fused-ring (bicyclic) bond motifs is 3. The number of methoxy groups -OCH3 is 2. The molecule has 3 aromatic rings. The molecule has 0 saturated heterocycles. The molecule has 0 saturated carbocycles. The van der Waals surface area contributed by atoms with Crippen LogP contribution in [0, 0.1) is 0 Å². The highest BCUT2D eigenvalue weighted by Gasteiger charge is 2.19. The zero-order valence-corrected chi connectivity index (χ0v) is 13.3. The fraction of sp³-hybridized carbons (Fsp3) is 0.200. The van der Waals surface area contributed by atoms with Crippen LogP contribution >= 0.6 is 23.2 Å². The number of hydrogen-bond acceptors (Lipinski definition) is 4. The van der Waals surface area contributed by atoms with Crippen LogP contribution in [-0.4, -0.2) is 30.2 Å². The summed E-state index contributed by atoms with van der Waals surface area (Å²) < 4.78 is 9.97. The van der Waals surface area contributed by atoms with Crippen molar-refractivity contribution in [1.29, 1.82) is 0 Å². The monoisotopic (exact) mass is 338 g/mol. The van der Waals surface area contributed by atoms with Gasteiger partial charge in [0.15, 0.2) is 4.84 Å². The molecule has 0 atom stereocenters. The predicted octanol–water partition coefficient (Wildman–Crippen LogP) is 3.99. The van der Waals surface area contributed by atoms with Gasteiger partial charge in [-0.25, -0.2) is 9.78 Å². The molecule has 0 aliphatic carbocycles. The Balaban J connectivity index is 2.39. The number of esters is 1. The average molecular weight is 339 g/mol. The largest absolute Gasteiger partial charge is 0.497 e. The highest BCUT2D eigenvalue weighted by molar-refractivity contribution is 6.44. The summed E-state index contributed by atoms with van der Waals surface area (Å²) in [4.78, 5) is 18.4.